The van der Waals surface area contributed by atoms with Crippen LogP contribution in [0.5, 0.6) is 0 Å². The lowest BCUT2D eigenvalue weighted by Gasteiger charge is -2.33. The van der Waals surface area contributed by atoms with Crippen molar-refractivity contribution < 1.29 is 22.4 Å². The summed E-state index contributed by atoms with van der Waals surface area (Å²) in [5.41, 5.74) is -1.38. The van der Waals surface area contributed by atoms with E-state index in [-0.39, 0.29) is 17.9 Å². The van der Waals surface area contributed by atoms with Gasteiger partial charge in [-0.25, -0.2) is 4.39 Å². The number of para-hydroxylation sites is 1. The van der Waals surface area contributed by atoms with Gasteiger partial charge >= 0.3 is 6.18 Å². The summed E-state index contributed by atoms with van der Waals surface area (Å²) in [6.45, 7) is 0.769. The molecule has 0 aliphatic carbocycles. The summed E-state index contributed by atoms with van der Waals surface area (Å²) in [5.74, 6) is -1.20. The first-order chi connectivity index (χ1) is 15.7. The van der Waals surface area contributed by atoms with Gasteiger partial charge in [-0.15, -0.1) is 5.10 Å². The number of nitrogens with zero attached hydrogens (tertiary/aromatic N) is 3. The first-order valence-corrected chi connectivity index (χ1v) is 10.3. The van der Waals surface area contributed by atoms with Gasteiger partial charge in [-0.1, -0.05) is 18.2 Å². The molecule has 6 nitrogen and oxygen atoms in total. The van der Waals surface area contributed by atoms with Crippen LogP contribution in [0.15, 0.2) is 65.5 Å². The summed E-state index contributed by atoms with van der Waals surface area (Å²) in [7, 11) is 0. The highest BCUT2D eigenvalue weighted by atomic mass is 19.4. The highest BCUT2D eigenvalue weighted by molar-refractivity contribution is 5.93. The Morgan fingerprint density at radius 1 is 1.06 bits per heavy atom. The Morgan fingerprint density at radius 3 is 2.61 bits per heavy atom. The Hall–Kier alpha value is -3.69. The van der Waals surface area contributed by atoms with Crippen LogP contribution < -0.4 is 15.8 Å². The molecule has 1 atom stereocenters. The van der Waals surface area contributed by atoms with E-state index in [9.17, 15) is 27.2 Å². The van der Waals surface area contributed by atoms with E-state index < -0.39 is 34.9 Å². The van der Waals surface area contributed by atoms with Crippen molar-refractivity contribution >= 4 is 17.4 Å². The van der Waals surface area contributed by atoms with Crippen molar-refractivity contribution in [3.05, 3.63) is 82.4 Å². The van der Waals surface area contributed by atoms with E-state index >= 15 is 0 Å². The van der Waals surface area contributed by atoms with Gasteiger partial charge in [-0.2, -0.15) is 17.9 Å². The first kappa shape index (κ1) is 22.5. The Kier molecular flexibility index (Phi) is 6.17. The molecule has 2 aromatic carbocycles. The fourth-order valence-electron chi connectivity index (χ4n) is 3.84. The fourth-order valence-corrected chi connectivity index (χ4v) is 3.84. The molecular weight excluding hydrogens is 440 g/mol. The molecule has 33 heavy (non-hydrogen) atoms. The minimum atomic E-state index is -4.59. The number of aromatic nitrogens is 2. The molecule has 172 valence electrons. The van der Waals surface area contributed by atoms with Crippen LogP contribution in [0, 0.1) is 11.7 Å². The maximum Gasteiger partial charge on any atom is 0.418 e. The third-order valence-corrected chi connectivity index (χ3v) is 5.45. The highest BCUT2D eigenvalue weighted by Gasteiger charge is 2.34. The first-order valence-electron chi connectivity index (χ1n) is 10.3. The molecule has 1 amide bonds. The molecule has 4 rings (SSSR count). The molecule has 3 aromatic rings. The quantitative estimate of drug-likeness (QED) is 0.592. The number of anilines is 2. The summed E-state index contributed by atoms with van der Waals surface area (Å²) in [6.07, 6.45) is -3.48. The molecule has 0 radical (unpaired) electrons. The number of hydrogen-bond donors (Lipinski definition) is 1. The second kappa shape index (κ2) is 9.05. The van der Waals surface area contributed by atoms with Gasteiger partial charge < -0.3 is 10.2 Å². The minimum Gasteiger partial charge on any atom is -0.354 e. The van der Waals surface area contributed by atoms with Crippen LogP contribution in [0.3, 0.4) is 0 Å². The second-order valence-corrected chi connectivity index (χ2v) is 7.74. The van der Waals surface area contributed by atoms with Crippen LogP contribution in [0.25, 0.3) is 5.69 Å². The predicted molar refractivity (Wildman–Crippen MR) is 115 cm³/mol. The van der Waals surface area contributed by atoms with E-state index in [0.29, 0.717) is 25.2 Å². The van der Waals surface area contributed by atoms with Crippen LogP contribution in [0.4, 0.5) is 29.1 Å². The third kappa shape index (κ3) is 5.05. The van der Waals surface area contributed by atoms with Crippen molar-refractivity contribution in [2.75, 3.05) is 23.3 Å². The van der Waals surface area contributed by atoms with E-state index in [0.717, 1.165) is 10.7 Å². The average Bonchev–Trinajstić information content (AvgIpc) is 2.79. The van der Waals surface area contributed by atoms with Crippen LogP contribution in [-0.2, 0) is 11.0 Å². The lowest BCUT2D eigenvalue weighted by molar-refractivity contribution is -0.137. The molecular formula is C23H20F4N4O2. The summed E-state index contributed by atoms with van der Waals surface area (Å²) in [4.78, 5) is 26.8. The van der Waals surface area contributed by atoms with Crippen LogP contribution >= 0.6 is 0 Å². The molecule has 2 heterocycles. The molecule has 0 unspecified atom stereocenters. The second-order valence-electron chi connectivity index (χ2n) is 7.74. The number of nitrogens with one attached hydrogen (secondary N) is 1. The van der Waals surface area contributed by atoms with Gasteiger partial charge in [0.2, 0.25) is 5.91 Å². The standard InChI is InChI=1S/C23H20F4N4O2/c24-16-6-3-7-17(13-16)31-21(32)11-10-20(29-31)30-12-4-5-15(14-30)22(33)28-19-9-2-1-8-18(19)23(25,26)27/h1-3,6-11,13,15H,4-5,12,14H2,(H,28,33)/t15-/m1/s1. The highest BCUT2D eigenvalue weighted by Crippen LogP contribution is 2.35. The van der Waals surface area contributed by atoms with Crippen LogP contribution in [-0.4, -0.2) is 28.8 Å². The van der Waals surface area contributed by atoms with Gasteiger partial charge in [0.1, 0.15) is 11.6 Å². The lowest BCUT2D eigenvalue weighted by Crippen LogP contribution is -2.42. The van der Waals surface area contributed by atoms with Crippen LogP contribution in [0.1, 0.15) is 18.4 Å². The van der Waals surface area contributed by atoms with E-state index in [4.69, 9.17) is 0 Å². The normalized spacial score (nSPS) is 16.5. The SMILES string of the molecule is O=C(Nc1ccccc1C(F)(F)F)[C@@H]1CCCN(c2ccc(=O)n(-c3cccc(F)c3)n2)C1. The van der Waals surface area contributed by atoms with Gasteiger partial charge in [0.05, 0.1) is 22.9 Å². The van der Waals surface area contributed by atoms with Crippen molar-refractivity contribution in [3.8, 4) is 5.69 Å². The van der Waals surface area contributed by atoms with Gasteiger partial charge in [-0.05, 0) is 49.2 Å². The summed E-state index contributed by atoms with van der Waals surface area (Å²) in [6, 6.07) is 13.1. The van der Waals surface area contributed by atoms with E-state index in [2.05, 4.69) is 10.4 Å². The molecule has 1 aliphatic heterocycles. The summed E-state index contributed by atoms with van der Waals surface area (Å²) >= 11 is 0. The zero-order chi connectivity index (χ0) is 23.6. The molecule has 1 fully saturated rings. The van der Waals surface area contributed by atoms with Crippen molar-refractivity contribution in [3.63, 3.8) is 0 Å². The monoisotopic (exact) mass is 460 g/mol. The number of carbonyl (C=O) groups is 1. The number of piperidine rings is 1. The van der Waals surface area contributed by atoms with Crippen molar-refractivity contribution in [2.24, 2.45) is 5.92 Å². The number of halogens is 4. The number of benzene rings is 2. The van der Waals surface area contributed by atoms with E-state index in [1.807, 2.05) is 0 Å². The zero-order valence-electron chi connectivity index (χ0n) is 17.3. The fraction of sp³-hybridized carbons (Fsp3) is 0.261. The number of amides is 1. The lowest BCUT2D eigenvalue weighted by atomic mass is 9.96. The molecule has 0 saturated carbocycles. The minimum absolute atomic E-state index is 0.217. The number of alkyl halides is 3. The maximum absolute atomic E-state index is 13.6. The summed E-state index contributed by atoms with van der Waals surface area (Å²) < 4.78 is 54.4. The molecule has 0 bridgehead atoms. The smallest absolute Gasteiger partial charge is 0.354 e. The molecule has 1 aliphatic rings. The number of carbonyl (C=O) groups excluding carboxylic acids is 1. The van der Waals surface area contributed by atoms with Gasteiger partial charge in [0, 0.05) is 19.2 Å². The molecule has 1 saturated heterocycles. The van der Waals surface area contributed by atoms with Crippen molar-refractivity contribution in [1.29, 1.82) is 0 Å². The van der Waals surface area contributed by atoms with Crippen molar-refractivity contribution in [2.45, 2.75) is 19.0 Å². The van der Waals surface area contributed by atoms with Crippen LogP contribution in [0.2, 0.25) is 0 Å². The van der Waals surface area contributed by atoms with Gasteiger partial charge in [0.15, 0.2) is 0 Å². The largest absolute Gasteiger partial charge is 0.418 e. The molecule has 1 N–H and O–H groups in total. The van der Waals surface area contributed by atoms with E-state index in [1.165, 1.54) is 48.5 Å². The van der Waals surface area contributed by atoms with Gasteiger partial charge in [0.25, 0.3) is 5.56 Å². The average molecular weight is 460 g/mol. The Bertz CT molecular complexity index is 1230. The summed E-state index contributed by atoms with van der Waals surface area (Å²) in [5, 5.41) is 6.72. The maximum atomic E-state index is 13.6. The van der Waals surface area contributed by atoms with Crippen molar-refractivity contribution in [1.82, 2.24) is 9.78 Å². The van der Waals surface area contributed by atoms with E-state index in [1.54, 1.807) is 11.0 Å². The Labute approximate surface area is 186 Å². The Morgan fingerprint density at radius 2 is 1.85 bits per heavy atom. The topological polar surface area (TPSA) is 67.2 Å². The molecule has 1 aromatic heterocycles. The predicted octanol–water partition coefficient (Wildman–Crippen LogP) is 4.25. The zero-order valence-corrected chi connectivity index (χ0v) is 17.3. The number of hydrogen-bond acceptors (Lipinski definition) is 4. The molecule has 0 spiro atoms. The number of rotatable bonds is 4. The van der Waals surface area contributed by atoms with Gasteiger partial charge in [-0.3, -0.25) is 9.59 Å². The Balaban J connectivity index is 1.53. The third-order valence-electron chi connectivity index (χ3n) is 5.45. The molecule has 10 heteroatoms.